The highest BCUT2D eigenvalue weighted by Crippen LogP contribution is 2.19. The van der Waals surface area contributed by atoms with Crippen molar-refractivity contribution in [2.45, 2.75) is 33.5 Å². The van der Waals surface area contributed by atoms with E-state index < -0.39 is 0 Å². The van der Waals surface area contributed by atoms with Crippen LogP contribution in [0.1, 0.15) is 29.2 Å². The molecule has 2 aromatic carbocycles. The fourth-order valence-electron chi connectivity index (χ4n) is 3.11. The molecule has 0 bridgehead atoms. The van der Waals surface area contributed by atoms with E-state index in [-0.39, 0.29) is 24.0 Å². The van der Waals surface area contributed by atoms with Gasteiger partial charge >= 0.3 is 0 Å². The zero-order valence-electron chi connectivity index (χ0n) is 17.8. The molecule has 2 N–H and O–H groups in total. The summed E-state index contributed by atoms with van der Waals surface area (Å²) in [6, 6.07) is 16.5. The number of methoxy groups -OCH3 is 1. The first-order valence-corrected chi connectivity index (χ1v) is 9.89. The van der Waals surface area contributed by atoms with E-state index in [9.17, 15) is 0 Å². The maximum Gasteiger partial charge on any atom is 0.191 e. The normalized spacial score (nSPS) is 11.0. The minimum atomic E-state index is 0. The van der Waals surface area contributed by atoms with Crippen molar-refractivity contribution in [3.8, 4) is 5.75 Å². The lowest BCUT2D eigenvalue weighted by atomic mass is 10.1. The summed E-state index contributed by atoms with van der Waals surface area (Å²) in [7, 11) is 1.70. The second kappa shape index (κ2) is 12.2. The lowest BCUT2D eigenvalue weighted by Crippen LogP contribution is -2.37. The van der Waals surface area contributed by atoms with Crippen LogP contribution in [0.2, 0.25) is 0 Å². The number of nitrogens with zero attached hydrogens (tertiary/aromatic N) is 3. The van der Waals surface area contributed by atoms with E-state index in [1.54, 1.807) is 13.3 Å². The molecule has 3 aromatic rings. The third kappa shape index (κ3) is 6.76. The molecule has 0 saturated heterocycles. The van der Waals surface area contributed by atoms with Crippen LogP contribution in [0.5, 0.6) is 5.75 Å². The molecule has 0 saturated carbocycles. The molecule has 30 heavy (non-hydrogen) atoms. The number of hydrogen-bond acceptors (Lipinski definition) is 3. The summed E-state index contributed by atoms with van der Waals surface area (Å²) in [6.45, 7) is 6.94. The summed E-state index contributed by atoms with van der Waals surface area (Å²) in [4.78, 5) is 4.73. The number of guanidine groups is 1. The summed E-state index contributed by atoms with van der Waals surface area (Å²) in [6.07, 6.45) is 3.78. The molecule has 0 atom stereocenters. The Morgan fingerprint density at radius 1 is 1.10 bits per heavy atom. The molecule has 0 amide bonds. The lowest BCUT2D eigenvalue weighted by molar-refractivity contribution is 0.411. The summed E-state index contributed by atoms with van der Waals surface area (Å²) in [5.41, 5.74) is 4.70. The van der Waals surface area contributed by atoms with Crippen molar-refractivity contribution in [1.29, 1.82) is 0 Å². The minimum absolute atomic E-state index is 0. The molecule has 7 heteroatoms. The van der Waals surface area contributed by atoms with Gasteiger partial charge in [-0.15, -0.1) is 24.0 Å². The van der Waals surface area contributed by atoms with Gasteiger partial charge in [0.15, 0.2) is 5.96 Å². The van der Waals surface area contributed by atoms with Gasteiger partial charge in [-0.1, -0.05) is 36.4 Å². The van der Waals surface area contributed by atoms with Crippen LogP contribution in [-0.2, 0) is 19.6 Å². The van der Waals surface area contributed by atoms with Gasteiger partial charge in [0, 0.05) is 25.5 Å². The van der Waals surface area contributed by atoms with Gasteiger partial charge in [-0.3, -0.25) is 4.68 Å². The van der Waals surface area contributed by atoms with E-state index >= 15 is 0 Å². The van der Waals surface area contributed by atoms with Crippen molar-refractivity contribution in [3.63, 3.8) is 0 Å². The summed E-state index contributed by atoms with van der Waals surface area (Å²) in [5, 5.41) is 11.1. The van der Waals surface area contributed by atoms with E-state index in [4.69, 9.17) is 9.73 Å². The topological polar surface area (TPSA) is 63.5 Å². The van der Waals surface area contributed by atoms with Crippen molar-refractivity contribution >= 4 is 29.9 Å². The number of nitrogens with one attached hydrogen (secondary N) is 2. The first kappa shape index (κ1) is 23.7. The Hall–Kier alpha value is -2.55. The van der Waals surface area contributed by atoms with Gasteiger partial charge in [0.25, 0.3) is 0 Å². The zero-order chi connectivity index (χ0) is 20.5. The van der Waals surface area contributed by atoms with Crippen molar-refractivity contribution in [3.05, 3.63) is 83.2 Å². The third-order valence-electron chi connectivity index (χ3n) is 4.69. The largest absolute Gasteiger partial charge is 0.496 e. The highest BCUT2D eigenvalue weighted by molar-refractivity contribution is 14.0. The number of benzene rings is 2. The van der Waals surface area contributed by atoms with Crippen LogP contribution in [0.15, 0.2) is 65.9 Å². The number of aryl methyl sites for hydroxylation is 1. The Morgan fingerprint density at radius 2 is 1.90 bits per heavy atom. The highest BCUT2D eigenvalue weighted by atomic mass is 127. The Balaban J connectivity index is 0.00000320. The van der Waals surface area contributed by atoms with Gasteiger partial charge in [-0.2, -0.15) is 5.10 Å². The van der Waals surface area contributed by atoms with Crippen LogP contribution < -0.4 is 15.4 Å². The fourth-order valence-corrected chi connectivity index (χ4v) is 3.11. The number of aliphatic imine (C=N–C) groups is 1. The fraction of sp³-hybridized carbons (Fsp3) is 0.304. The predicted octanol–water partition coefficient (Wildman–Crippen LogP) is 4.12. The molecule has 1 heterocycles. The number of rotatable bonds is 8. The van der Waals surface area contributed by atoms with Gasteiger partial charge in [0.1, 0.15) is 5.75 Å². The SMILES string of the molecule is CCNC(=NCc1ccc(C)c(OC)c1)NCc1ccccc1Cn1cccn1.I. The molecule has 0 aliphatic heterocycles. The highest BCUT2D eigenvalue weighted by Gasteiger charge is 2.05. The molecule has 0 fully saturated rings. The maximum absolute atomic E-state index is 5.41. The second-order valence-corrected chi connectivity index (χ2v) is 6.83. The standard InChI is InChI=1S/C23H29N5O.HI/c1-4-24-23(25-15-19-11-10-18(2)22(14-19)29-3)26-16-20-8-5-6-9-21(20)17-28-13-7-12-27-28;/h5-14H,4,15-17H2,1-3H3,(H2,24,25,26);1H. The number of aromatic nitrogens is 2. The van der Waals surface area contributed by atoms with Crippen LogP contribution in [-0.4, -0.2) is 29.4 Å². The van der Waals surface area contributed by atoms with Gasteiger partial charge < -0.3 is 15.4 Å². The molecule has 0 radical (unpaired) electrons. The molecule has 0 aliphatic rings. The number of hydrogen-bond donors (Lipinski definition) is 2. The molecule has 1 aromatic heterocycles. The van der Waals surface area contributed by atoms with Gasteiger partial charge in [-0.25, -0.2) is 4.99 Å². The van der Waals surface area contributed by atoms with E-state index in [1.165, 1.54) is 11.1 Å². The molecule has 3 rings (SSSR count). The molecule has 160 valence electrons. The van der Waals surface area contributed by atoms with Crippen LogP contribution in [0.3, 0.4) is 0 Å². The average molecular weight is 519 g/mol. The average Bonchev–Trinajstić information content (AvgIpc) is 3.25. The first-order chi connectivity index (χ1) is 14.2. The third-order valence-corrected chi connectivity index (χ3v) is 4.69. The van der Waals surface area contributed by atoms with E-state index in [2.05, 4.69) is 59.1 Å². The number of halogens is 1. The Morgan fingerprint density at radius 3 is 2.60 bits per heavy atom. The van der Waals surface area contributed by atoms with E-state index in [0.29, 0.717) is 13.1 Å². The van der Waals surface area contributed by atoms with Crippen molar-refractivity contribution in [1.82, 2.24) is 20.4 Å². The Labute approximate surface area is 195 Å². The molecular weight excluding hydrogens is 489 g/mol. The van der Waals surface area contributed by atoms with Gasteiger partial charge in [0.2, 0.25) is 0 Å². The predicted molar refractivity (Wildman–Crippen MR) is 133 cm³/mol. The number of ether oxygens (including phenoxy) is 1. The van der Waals surface area contributed by atoms with Crippen molar-refractivity contribution < 1.29 is 4.74 Å². The molecule has 0 unspecified atom stereocenters. The van der Waals surface area contributed by atoms with Gasteiger partial charge in [0.05, 0.1) is 20.2 Å². The summed E-state index contributed by atoms with van der Waals surface area (Å²) in [5.74, 6) is 1.68. The van der Waals surface area contributed by atoms with Crippen LogP contribution in [0.25, 0.3) is 0 Å². The molecule has 0 aliphatic carbocycles. The van der Waals surface area contributed by atoms with Crippen LogP contribution in [0, 0.1) is 6.92 Å². The molecule has 6 nitrogen and oxygen atoms in total. The second-order valence-electron chi connectivity index (χ2n) is 6.83. The van der Waals surface area contributed by atoms with E-state index in [1.807, 2.05) is 29.9 Å². The van der Waals surface area contributed by atoms with Gasteiger partial charge in [-0.05, 0) is 48.2 Å². The van der Waals surface area contributed by atoms with Crippen LogP contribution in [0.4, 0.5) is 0 Å². The monoisotopic (exact) mass is 519 g/mol. The first-order valence-electron chi connectivity index (χ1n) is 9.89. The molecular formula is C23H30IN5O. The van der Waals surface area contributed by atoms with E-state index in [0.717, 1.165) is 35.9 Å². The smallest absolute Gasteiger partial charge is 0.191 e. The van der Waals surface area contributed by atoms with Crippen molar-refractivity contribution in [2.75, 3.05) is 13.7 Å². The minimum Gasteiger partial charge on any atom is -0.496 e. The quantitative estimate of drug-likeness (QED) is 0.267. The maximum atomic E-state index is 5.41. The summed E-state index contributed by atoms with van der Waals surface area (Å²) < 4.78 is 7.35. The lowest BCUT2D eigenvalue weighted by Gasteiger charge is -2.14. The zero-order valence-corrected chi connectivity index (χ0v) is 20.1. The van der Waals surface area contributed by atoms with Crippen molar-refractivity contribution in [2.24, 2.45) is 4.99 Å². The summed E-state index contributed by atoms with van der Waals surface area (Å²) >= 11 is 0. The molecule has 0 spiro atoms. The Bertz CT molecular complexity index is 941. The Kier molecular flexibility index (Phi) is 9.66. The van der Waals surface area contributed by atoms with Crippen LogP contribution >= 0.6 is 24.0 Å².